The van der Waals surface area contributed by atoms with Crippen LogP contribution in [0.2, 0.25) is 0 Å². The van der Waals surface area contributed by atoms with Crippen molar-refractivity contribution >= 4 is 28.7 Å². The van der Waals surface area contributed by atoms with Crippen LogP contribution in [0.1, 0.15) is 23.8 Å². The van der Waals surface area contributed by atoms with Gasteiger partial charge in [-0.15, -0.1) is 0 Å². The minimum Gasteiger partial charge on any atom is -0.463 e. The summed E-state index contributed by atoms with van der Waals surface area (Å²) < 4.78 is 4.74. The second-order valence-corrected chi connectivity index (χ2v) is 5.21. The van der Waals surface area contributed by atoms with Gasteiger partial charge in [-0.1, -0.05) is 30.3 Å². The number of nitrogens with zero attached hydrogens (tertiary/aromatic N) is 1. The van der Waals surface area contributed by atoms with Crippen LogP contribution < -0.4 is 11.1 Å². The standard InChI is InChI=1S/C18H19N3O4/c1-2-25-16(22)9-5-8-14(17(19)23)21-18(24)15-11-10-12-6-3-4-7-13(12)20-15/h3-7,9-11,14H,2,8H2,1H3,(H2,19,23)(H,21,24)/b9-5+/t14-/m0/s1. The number of hydrogen-bond donors (Lipinski definition) is 2. The average Bonchev–Trinajstić information content (AvgIpc) is 2.60. The number of ether oxygens (including phenoxy) is 1. The van der Waals surface area contributed by atoms with Crippen molar-refractivity contribution in [2.45, 2.75) is 19.4 Å². The SMILES string of the molecule is CCOC(=O)/C=C/C[C@H](NC(=O)c1ccc2ccccc2n1)C(N)=O. The summed E-state index contributed by atoms with van der Waals surface area (Å²) in [4.78, 5) is 39.3. The summed E-state index contributed by atoms with van der Waals surface area (Å²) in [7, 11) is 0. The van der Waals surface area contributed by atoms with Crippen molar-refractivity contribution < 1.29 is 19.1 Å². The highest BCUT2D eigenvalue weighted by Gasteiger charge is 2.18. The average molecular weight is 341 g/mol. The number of amides is 2. The highest BCUT2D eigenvalue weighted by atomic mass is 16.5. The molecule has 1 aromatic carbocycles. The zero-order chi connectivity index (χ0) is 18.2. The number of benzene rings is 1. The molecule has 7 heteroatoms. The number of esters is 1. The Bertz CT molecular complexity index is 817. The molecule has 0 fully saturated rings. The smallest absolute Gasteiger partial charge is 0.330 e. The lowest BCUT2D eigenvalue weighted by Crippen LogP contribution is -2.44. The van der Waals surface area contributed by atoms with Crippen LogP contribution in [0.15, 0.2) is 48.6 Å². The Balaban J connectivity index is 2.05. The van der Waals surface area contributed by atoms with Gasteiger partial charge in [0.2, 0.25) is 5.91 Å². The van der Waals surface area contributed by atoms with Crippen LogP contribution in [0.5, 0.6) is 0 Å². The molecule has 0 aliphatic heterocycles. The lowest BCUT2D eigenvalue weighted by Gasteiger charge is -2.13. The van der Waals surface area contributed by atoms with E-state index in [2.05, 4.69) is 10.3 Å². The zero-order valence-electron chi connectivity index (χ0n) is 13.8. The normalized spacial score (nSPS) is 12.0. The van der Waals surface area contributed by atoms with Crippen molar-refractivity contribution in [3.63, 3.8) is 0 Å². The van der Waals surface area contributed by atoms with E-state index in [1.807, 2.05) is 18.2 Å². The molecule has 0 saturated carbocycles. The molecule has 130 valence electrons. The first-order valence-corrected chi connectivity index (χ1v) is 7.80. The predicted octanol–water partition coefficient (Wildman–Crippen LogP) is 1.33. The minimum atomic E-state index is -0.952. The van der Waals surface area contributed by atoms with E-state index >= 15 is 0 Å². The van der Waals surface area contributed by atoms with Gasteiger partial charge in [-0.2, -0.15) is 0 Å². The maximum absolute atomic E-state index is 12.3. The molecule has 0 unspecified atom stereocenters. The molecule has 0 aliphatic carbocycles. The zero-order valence-corrected chi connectivity index (χ0v) is 13.8. The molecule has 3 N–H and O–H groups in total. The maximum Gasteiger partial charge on any atom is 0.330 e. The molecule has 0 saturated heterocycles. The monoisotopic (exact) mass is 341 g/mol. The number of aromatic nitrogens is 1. The quantitative estimate of drug-likeness (QED) is 0.583. The number of pyridine rings is 1. The second-order valence-electron chi connectivity index (χ2n) is 5.21. The lowest BCUT2D eigenvalue weighted by molar-refractivity contribution is -0.137. The molecule has 1 heterocycles. The Morgan fingerprint density at radius 1 is 1.24 bits per heavy atom. The first-order chi connectivity index (χ1) is 12.0. The Labute approximate surface area is 144 Å². The minimum absolute atomic E-state index is 0.0769. The van der Waals surface area contributed by atoms with Crippen molar-refractivity contribution in [3.05, 3.63) is 54.2 Å². The number of primary amides is 1. The molecular weight excluding hydrogens is 322 g/mol. The molecule has 1 aromatic heterocycles. The van der Waals surface area contributed by atoms with E-state index in [1.165, 1.54) is 12.2 Å². The van der Waals surface area contributed by atoms with Crippen LogP contribution in [0.4, 0.5) is 0 Å². The van der Waals surface area contributed by atoms with E-state index in [9.17, 15) is 14.4 Å². The number of para-hydroxylation sites is 1. The summed E-state index contributed by atoms with van der Waals surface area (Å²) in [6.07, 6.45) is 2.70. The van der Waals surface area contributed by atoms with Gasteiger partial charge in [0.1, 0.15) is 11.7 Å². The van der Waals surface area contributed by atoms with Gasteiger partial charge in [0.05, 0.1) is 12.1 Å². The molecule has 2 amide bonds. The Morgan fingerprint density at radius 2 is 2.00 bits per heavy atom. The molecule has 2 aromatic rings. The third-order valence-electron chi connectivity index (χ3n) is 3.39. The fourth-order valence-corrected chi connectivity index (χ4v) is 2.16. The number of carbonyl (C=O) groups excluding carboxylic acids is 3. The topological polar surface area (TPSA) is 111 Å². The maximum atomic E-state index is 12.3. The third-order valence-corrected chi connectivity index (χ3v) is 3.39. The number of nitrogens with one attached hydrogen (secondary N) is 1. The summed E-state index contributed by atoms with van der Waals surface area (Å²) >= 11 is 0. The number of nitrogens with two attached hydrogens (primary N) is 1. The molecule has 1 atom stereocenters. The molecule has 2 rings (SSSR count). The lowest BCUT2D eigenvalue weighted by atomic mass is 10.1. The van der Waals surface area contributed by atoms with Crippen LogP contribution in [0, 0.1) is 0 Å². The van der Waals surface area contributed by atoms with E-state index in [1.54, 1.807) is 25.1 Å². The molecule has 0 aliphatic rings. The van der Waals surface area contributed by atoms with Crippen molar-refractivity contribution in [3.8, 4) is 0 Å². The fourth-order valence-electron chi connectivity index (χ4n) is 2.16. The third kappa shape index (κ3) is 5.13. The van der Waals surface area contributed by atoms with E-state index in [-0.39, 0.29) is 18.7 Å². The van der Waals surface area contributed by atoms with Gasteiger partial charge < -0.3 is 15.8 Å². The first kappa shape index (κ1) is 18.1. The van der Waals surface area contributed by atoms with Crippen LogP contribution in [0.3, 0.4) is 0 Å². The van der Waals surface area contributed by atoms with E-state index in [0.717, 1.165) is 5.39 Å². The summed E-state index contributed by atoms with van der Waals surface area (Å²) in [6, 6.07) is 9.77. The molecular formula is C18H19N3O4. The number of rotatable bonds is 7. The molecule has 0 spiro atoms. The summed E-state index contributed by atoms with van der Waals surface area (Å²) in [5.41, 5.74) is 6.16. The van der Waals surface area contributed by atoms with Gasteiger partial charge in [0.25, 0.3) is 5.91 Å². The van der Waals surface area contributed by atoms with Gasteiger partial charge >= 0.3 is 5.97 Å². The molecule has 0 radical (unpaired) electrons. The summed E-state index contributed by atoms with van der Waals surface area (Å²) in [5.74, 6) is -1.74. The highest BCUT2D eigenvalue weighted by molar-refractivity contribution is 5.97. The van der Waals surface area contributed by atoms with Crippen molar-refractivity contribution in [2.75, 3.05) is 6.61 Å². The van der Waals surface area contributed by atoms with E-state index in [4.69, 9.17) is 10.5 Å². The molecule has 25 heavy (non-hydrogen) atoms. The number of carbonyl (C=O) groups is 3. The summed E-state index contributed by atoms with van der Waals surface area (Å²) in [5, 5.41) is 3.43. The van der Waals surface area contributed by atoms with Crippen LogP contribution in [0.25, 0.3) is 10.9 Å². The largest absolute Gasteiger partial charge is 0.463 e. The van der Waals surface area contributed by atoms with Gasteiger partial charge in [-0.25, -0.2) is 9.78 Å². The summed E-state index contributed by atoms with van der Waals surface area (Å²) in [6.45, 7) is 1.95. The first-order valence-electron chi connectivity index (χ1n) is 7.80. The predicted molar refractivity (Wildman–Crippen MR) is 92.6 cm³/mol. The van der Waals surface area contributed by atoms with Crippen LogP contribution >= 0.6 is 0 Å². The van der Waals surface area contributed by atoms with Gasteiger partial charge in [-0.05, 0) is 25.5 Å². The van der Waals surface area contributed by atoms with Gasteiger partial charge in [-0.3, -0.25) is 9.59 Å². The fraction of sp³-hybridized carbons (Fsp3) is 0.222. The van der Waals surface area contributed by atoms with Crippen molar-refractivity contribution in [1.82, 2.24) is 10.3 Å². The van der Waals surface area contributed by atoms with E-state index < -0.39 is 23.8 Å². The van der Waals surface area contributed by atoms with Gasteiger partial charge in [0, 0.05) is 11.5 Å². The second kappa shape index (κ2) is 8.58. The van der Waals surface area contributed by atoms with E-state index in [0.29, 0.717) is 5.52 Å². The number of hydrogen-bond acceptors (Lipinski definition) is 5. The Kier molecular flexibility index (Phi) is 6.22. The Hall–Kier alpha value is -3.22. The van der Waals surface area contributed by atoms with Crippen LogP contribution in [-0.2, 0) is 14.3 Å². The highest BCUT2D eigenvalue weighted by Crippen LogP contribution is 2.12. The van der Waals surface area contributed by atoms with Gasteiger partial charge in [0.15, 0.2) is 0 Å². The van der Waals surface area contributed by atoms with Crippen molar-refractivity contribution in [2.24, 2.45) is 5.73 Å². The molecule has 0 bridgehead atoms. The number of fused-ring (bicyclic) bond motifs is 1. The molecule has 7 nitrogen and oxygen atoms in total. The van der Waals surface area contributed by atoms with Crippen LogP contribution in [-0.4, -0.2) is 35.4 Å². The Morgan fingerprint density at radius 3 is 2.72 bits per heavy atom. The van der Waals surface area contributed by atoms with Crippen molar-refractivity contribution in [1.29, 1.82) is 0 Å².